The Labute approximate surface area is 100 Å². The first kappa shape index (κ1) is 14.0. The van der Waals surface area contributed by atoms with Gasteiger partial charge in [0.15, 0.2) is 0 Å². The summed E-state index contributed by atoms with van der Waals surface area (Å²) in [5, 5.41) is 1.17. The Morgan fingerprint density at radius 3 is 1.77 bits per heavy atom. The zero-order chi connectivity index (χ0) is 9.94. The molecule has 0 aliphatic rings. The van der Waals surface area contributed by atoms with Gasteiger partial charge in [0.1, 0.15) is 0 Å². The maximum atomic E-state index is 3.57. The number of hydrogen-bond donors (Lipinski definition) is 0. The molecule has 0 saturated carbocycles. The molecule has 0 aromatic carbocycles. The van der Waals surface area contributed by atoms with E-state index in [-0.39, 0.29) is 0 Å². The average molecular weight is 314 g/mol. The van der Waals surface area contributed by atoms with E-state index in [2.05, 4.69) is 38.8 Å². The molecule has 0 fully saturated rings. The molecular formula is C11H22Br2. The van der Waals surface area contributed by atoms with Gasteiger partial charge in [-0.25, -0.2) is 0 Å². The lowest BCUT2D eigenvalue weighted by molar-refractivity contribution is 0.577. The SMILES string of the molecule is CC(Br)CCCCCCCCCBr. The minimum atomic E-state index is 0.709. The van der Waals surface area contributed by atoms with Gasteiger partial charge in [0.2, 0.25) is 0 Å². The van der Waals surface area contributed by atoms with Crippen LogP contribution in [-0.4, -0.2) is 10.2 Å². The molecule has 0 amide bonds. The van der Waals surface area contributed by atoms with Crippen LogP contribution in [0.15, 0.2) is 0 Å². The number of hydrogen-bond acceptors (Lipinski definition) is 0. The average Bonchev–Trinajstić information content (AvgIpc) is 2.09. The van der Waals surface area contributed by atoms with Gasteiger partial charge < -0.3 is 0 Å². The first-order valence-corrected chi connectivity index (χ1v) is 7.51. The lowest BCUT2D eigenvalue weighted by Gasteiger charge is -2.02. The fourth-order valence-corrected chi connectivity index (χ4v) is 2.12. The molecule has 0 radical (unpaired) electrons. The van der Waals surface area contributed by atoms with Gasteiger partial charge in [-0.1, -0.05) is 77.3 Å². The van der Waals surface area contributed by atoms with Crippen molar-refractivity contribution in [2.24, 2.45) is 0 Å². The second-order valence-electron chi connectivity index (χ2n) is 3.73. The van der Waals surface area contributed by atoms with Crippen LogP contribution < -0.4 is 0 Å². The Balaban J connectivity index is 2.84. The van der Waals surface area contributed by atoms with Gasteiger partial charge in [-0.3, -0.25) is 0 Å². The second-order valence-corrected chi connectivity index (χ2v) is 6.09. The maximum absolute atomic E-state index is 3.57. The van der Waals surface area contributed by atoms with Crippen LogP contribution in [0, 0.1) is 0 Å². The predicted molar refractivity (Wildman–Crippen MR) is 69.1 cm³/mol. The monoisotopic (exact) mass is 312 g/mol. The van der Waals surface area contributed by atoms with E-state index in [1.807, 2.05) is 0 Å². The summed E-state index contributed by atoms with van der Waals surface area (Å²) in [6.07, 6.45) is 11.2. The highest BCUT2D eigenvalue weighted by atomic mass is 79.9. The summed E-state index contributed by atoms with van der Waals surface area (Å²) in [7, 11) is 0. The van der Waals surface area contributed by atoms with Crippen molar-refractivity contribution in [1.29, 1.82) is 0 Å². The minimum absolute atomic E-state index is 0.709. The summed E-state index contributed by atoms with van der Waals surface area (Å²) >= 11 is 7.03. The molecule has 80 valence electrons. The van der Waals surface area contributed by atoms with Crippen LogP contribution in [0.4, 0.5) is 0 Å². The first-order valence-electron chi connectivity index (χ1n) is 5.47. The Kier molecular flexibility index (Phi) is 11.9. The third-order valence-corrected chi connectivity index (χ3v) is 3.25. The lowest BCUT2D eigenvalue weighted by Crippen LogP contribution is -1.89. The van der Waals surface area contributed by atoms with Crippen LogP contribution in [0.1, 0.15) is 58.3 Å². The van der Waals surface area contributed by atoms with E-state index in [9.17, 15) is 0 Å². The predicted octanol–water partition coefficient (Wildman–Crippen LogP) is 5.29. The molecule has 1 atom stereocenters. The molecular weight excluding hydrogens is 292 g/mol. The van der Waals surface area contributed by atoms with Crippen molar-refractivity contribution in [1.82, 2.24) is 0 Å². The van der Waals surface area contributed by atoms with Crippen LogP contribution in [0.3, 0.4) is 0 Å². The summed E-state index contributed by atoms with van der Waals surface area (Å²) < 4.78 is 0. The van der Waals surface area contributed by atoms with Crippen molar-refractivity contribution in [2.75, 3.05) is 5.33 Å². The van der Waals surface area contributed by atoms with Crippen molar-refractivity contribution in [3.63, 3.8) is 0 Å². The number of rotatable bonds is 9. The highest BCUT2D eigenvalue weighted by molar-refractivity contribution is 9.09. The molecule has 13 heavy (non-hydrogen) atoms. The van der Waals surface area contributed by atoms with E-state index < -0.39 is 0 Å². The minimum Gasteiger partial charge on any atom is -0.0928 e. The number of halogens is 2. The molecule has 0 rings (SSSR count). The zero-order valence-corrected chi connectivity index (χ0v) is 11.9. The summed E-state index contributed by atoms with van der Waals surface area (Å²) in [6, 6.07) is 0. The molecule has 0 bridgehead atoms. The number of unbranched alkanes of at least 4 members (excludes halogenated alkanes) is 6. The highest BCUT2D eigenvalue weighted by Gasteiger charge is 1.95. The van der Waals surface area contributed by atoms with E-state index in [0.717, 1.165) is 0 Å². The second kappa shape index (κ2) is 11.0. The van der Waals surface area contributed by atoms with Crippen LogP contribution in [-0.2, 0) is 0 Å². The van der Waals surface area contributed by atoms with E-state index in [1.54, 1.807) is 0 Å². The molecule has 0 spiro atoms. The number of alkyl halides is 2. The molecule has 0 aromatic heterocycles. The molecule has 0 N–H and O–H groups in total. The van der Waals surface area contributed by atoms with Crippen LogP contribution >= 0.6 is 31.9 Å². The van der Waals surface area contributed by atoms with Gasteiger partial charge >= 0.3 is 0 Å². The van der Waals surface area contributed by atoms with E-state index in [4.69, 9.17) is 0 Å². The Hall–Kier alpha value is 0.960. The first-order chi connectivity index (χ1) is 6.27. The van der Waals surface area contributed by atoms with Crippen molar-refractivity contribution in [3.8, 4) is 0 Å². The molecule has 0 nitrogen and oxygen atoms in total. The fraction of sp³-hybridized carbons (Fsp3) is 1.00. The third-order valence-electron chi connectivity index (χ3n) is 2.24. The fourth-order valence-electron chi connectivity index (χ4n) is 1.40. The summed E-state index contributed by atoms with van der Waals surface area (Å²) in [5.41, 5.74) is 0. The van der Waals surface area contributed by atoms with Crippen molar-refractivity contribution >= 4 is 31.9 Å². The highest BCUT2D eigenvalue weighted by Crippen LogP contribution is 2.12. The molecule has 1 unspecified atom stereocenters. The Morgan fingerprint density at radius 2 is 1.31 bits per heavy atom. The third kappa shape index (κ3) is 13.0. The van der Waals surface area contributed by atoms with Crippen molar-refractivity contribution < 1.29 is 0 Å². The molecule has 0 aliphatic carbocycles. The van der Waals surface area contributed by atoms with Crippen molar-refractivity contribution in [3.05, 3.63) is 0 Å². The largest absolute Gasteiger partial charge is 0.0928 e. The van der Waals surface area contributed by atoms with Gasteiger partial charge in [0.05, 0.1) is 0 Å². The molecule has 0 aliphatic heterocycles. The molecule has 0 aromatic rings. The Morgan fingerprint density at radius 1 is 0.846 bits per heavy atom. The Bertz CT molecular complexity index is 92.1. The van der Waals surface area contributed by atoms with Gasteiger partial charge in [0, 0.05) is 10.2 Å². The van der Waals surface area contributed by atoms with Gasteiger partial charge in [-0.2, -0.15) is 0 Å². The lowest BCUT2D eigenvalue weighted by atomic mass is 10.1. The van der Waals surface area contributed by atoms with Gasteiger partial charge in [0.25, 0.3) is 0 Å². The standard InChI is InChI=1S/C11H22Br2/c1-11(13)9-7-5-3-2-4-6-8-10-12/h11H,2-10H2,1H3. The molecule has 0 saturated heterocycles. The molecule has 2 heteroatoms. The summed E-state index contributed by atoms with van der Waals surface area (Å²) in [5.74, 6) is 0. The topological polar surface area (TPSA) is 0 Å². The smallest absolute Gasteiger partial charge is 0.0117 e. The van der Waals surface area contributed by atoms with E-state index >= 15 is 0 Å². The maximum Gasteiger partial charge on any atom is 0.0117 e. The van der Waals surface area contributed by atoms with E-state index in [0.29, 0.717) is 4.83 Å². The van der Waals surface area contributed by atoms with Crippen LogP contribution in [0.2, 0.25) is 0 Å². The summed E-state index contributed by atoms with van der Waals surface area (Å²) in [6.45, 7) is 2.23. The van der Waals surface area contributed by atoms with Gasteiger partial charge in [-0.05, 0) is 12.8 Å². The quantitative estimate of drug-likeness (QED) is 0.401. The summed E-state index contributed by atoms with van der Waals surface area (Å²) in [4.78, 5) is 0.709. The zero-order valence-electron chi connectivity index (χ0n) is 8.70. The van der Waals surface area contributed by atoms with Gasteiger partial charge in [-0.15, -0.1) is 0 Å². The van der Waals surface area contributed by atoms with Crippen LogP contribution in [0.5, 0.6) is 0 Å². The van der Waals surface area contributed by atoms with Crippen molar-refractivity contribution in [2.45, 2.75) is 63.1 Å². The van der Waals surface area contributed by atoms with E-state index in [1.165, 1.54) is 56.7 Å². The van der Waals surface area contributed by atoms with Crippen LogP contribution in [0.25, 0.3) is 0 Å². The molecule has 0 heterocycles. The normalized spacial score (nSPS) is 13.2.